The van der Waals surface area contributed by atoms with E-state index in [2.05, 4.69) is 0 Å². The minimum atomic E-state index is -3.29. The van der Waals surface area contributed by atoms with Gasteiger partial charge in [0.15, 0.2) is 0 Å². The van der Waals surface area contributed by atoms with Crippen LogP contribution in [-0.2, 0) is 23.1 Å². The second-order valence-corrected chi connectivity index (χ2v) is 7.14. The Kier molecular flexibility index (Phi) is 3.16. The zero-order valence-electron chi connectivity index (χ0n) is 10.3. The van der Waals surface area contributed by atoms with Crippen molar-refractivity contribution in [3.8, 4) is 0 Å². The highest BCUT2D eigenvalue weighted by Gasteiger charge is 2.31. The average Bonchev–Trinajstić information content (AvgIpc) is 2.71. The number of rotatable bonds is 3. The molecule has 18 heavy (non-hydrogen) atoms. The Morgan fingerprint density at radius 2 is 1.89 bits per heavy atom. The monoisotopic (exact) mass is 269 g/mol. The number of carboxylic acid groups (broad SMARTS) is 1. The molecule has 1 aromatic carbocycles. The van der Waals surface area contributed by atoms with Crippen LogP contribution in [-0.4, -0.2) is 29.0 Å². The maximum absolute atomic E-state index is 12.0. The summed E-state index contributed by atoms with van der Waals surface area (Å²) >= 11 is 0. The van der Waals surface area contributed by atoms with Crippen LogP contribution in [0.15, 0.2) is 18.2 Å². The average molecular weight is 269 g/mol. The number of benzene rings is 1. The minimum absolute atomic E-state index is 0.192. The fourth-order valence-corrected chi connectivity index (χ4v) is 3.21. The first-order chi connectivity index (χ1) is 8.32. The third-order valence-electron chi connectivity index (χ3n) is 3.10. The smallest absolute Gasteiger partial charge is 0.335 e. The lowest BCUT2D eigenvalue weighted by molar-refractivity contribution is 0.0696. The summed E-state index contributed by atoms with van der Waals surface area (Å²) in [4.78, 5) is 10.9. The van der Waals surface area contributed by atoms with E-state index in [0.717, 1.165) is 11.1 Å². The summed E-state index contributed by atoms with van der Waals surface area (Å²) in [6.07, 6.45) is 0. The first-order valence-electron chi connectivity index (χ1n) is 5.66. The van der Waals surface area contributed by atoms with Crippen molar-refractivity contribution in [1.29, 1.82) is 0 Å². The molecule has 1 heterocycles. The van der Waals surface area contributed by atoms with E-state index in [1.54, 1.807) is 26.0 Å². The number of hydrogen-bond donors (Lipinski definition) is 1. The van der Waals surface area contributed by atoms with Crippen LogP contribution in [0.5, 0.6) is 0 Å². The molecule has 0 aromatic heterocycles. The van der Waals surface area contributed by atoms with E-state index in [-0.39, 0.29) is 12.1 Å². The van der Waals surface area contributed by atoms with Gasteiger partial charge in [-0.25, -0.2) is 13.2 Å². The van der Waals surface area contributed by atoms with Gasteiger partial charge in [0.1, 0.15) is 0 Å². The van der Waals surface area contributed by atoms with Gasteiger partial charge in [-0.2, -0.15) is 4.31 Å². The molecule has 0 aliphatic carbocycles. The van der Waals surface area contributed by atoms with Gasteiger partial charge < -0.3 is 5.11 Å². The highest BCUT2D eigenvalue weighted by molar-refractivity contribution is 7.89. The Morgan fingerprint density at radius 1 is 1.28 bits per heavy atom. The van der Waals surface area contributed by atoms with Gasteiger partial charge in [-0.15, -0.1) is 0 Å². The van der Waals surface area contributed by atoms with Crippen molar-refractivity contribution in [1.82, 2.24) is 4.31 Å². The summed E-state index contributed by atoms with van der Waals surface area (Å²) in [7, 11) is -3.29. The number of hydrogen-bond acceptors (Lipinski definition) is 3. The van der Waals surface area contributed by atoms with Crippen LogP contribution in [0.1, 0.15) is 35.3 Å². The lowest BCUT2D eigenvalue weighted by Gasteiger charge is -2.18. The first-order valence-corrected chi connectivity index (χ1v) is 7.16. The number of sulfonamides is 1. The van der Waals surface area contributed by atoms with Gasteiger partial charge in [-0.3, -0.25) is 0 Å². The summed E-state index contributed by atoms with van der Waals surface area (Å²) in [5.41, 5.74) is 1.85. The molecule has 0 amide bonds. The molecule has 1 aromatic rings. The Labute approximate surface area is 106 Å². The minimum Gasteiger partial charge on any atom is -0.478 e. The Morgan fingerprint density at radius 3 is 2.44 bits per heavy atom. The van der Waals surface area contributed by atoms with Crippen LogP contribution < -0.4 is 0 Å². The number of aromatic carboxylic acids is 1. The van der Waals surface area contributed by atoms with E-state index >= 15 is 0 Å². The highest BCUT2D eigenvalue weighted by Crippen LogP contribution is 2.27. The molecule has 0 saturated heterocycles. The number of carbonyl (C=O) groups is 1. The van der Waals surface area contributed by atoms with Crippen molar-refractivity contribution in [3.05, 3.63) is 34.9 Å². The van der Waals surface area contributed by atoms with Crippen molar-refractivity contribution < 1.29 is 18.3 Å². The molecule has 2 rings (SSSR count). The normalized spacial score (nSPS) is 15.9. The predicted octanol–water partition coefficient (Wildman–Crippen LogP) is 1.44. The molecule has 5 nitrogen and oxygen atoms in total. The maximum Gasteiger partial charge on any atom is 0.335 e. The summed E-state index contributed by atoms with van der Waals surface area (Å²) < 4.78 is 25.5. The van der Waals surface area contributed by atoms with E-state index in [1.807, 2.05) is 0 Å². The molecule has 98 valence electrons. The second-order valence-electron chi connectivity index (χ2n) is 4.65. The topological polar surface area (TPSA) is 74.7 Å². The van der Waals surface area contributed by atoms with Crippen molar-refractivity contribution in [2.45, 2.75) is 32.2 Å². The van der Waals surface area contributed by atoms with Gasteiger partial charge in [-0.05, 0) is 37.1 Å². The highest BCUT2D eigenvalue weighted by atomic mass is 32.2. The molecule has 0 radical (unpaired) electrons. The second kappa shape index (κ2) is 4.37. The van der Waals surface area contributed by atoms with Crippen LogP contribution in [0, 0.1) is 0 Å². The SMILES string of the molecule is CC(C)S(=O)(=O)N1Cc2ccc(C(=O)O)cc2C1. The standard InChI is InChI=1S/C12H15NO4S/c1-8(2)18(16,17)13-6-10-4-3-9(12(14)15)5-11(10)7-13/h3-5,8H,6-7H2,1-2H3,(H,14,15). The van der Waals surface area contributed by atoms with Gasteiger partial charge in [0, 0.05) is 13.1 Å². The van der Waals surface area contributed by atoms with Gasteiger partial charge in [0.05, 0.1) is 10.8 Å². The summed E-state index contributed by atoms with van der Waals surface area (Å²) in [5.74, 6) is -0.997. The molecule has 6 heteroatoms. The number of fused-ring (bicyclic) bond motifs is 1. The first kappa shape index (κ1) is 13.0. The van der Waals surface area contributed by atoms with Gasteiger partial charge >= 0.3 is 5.97 Å². The third-order valence-corrected chi connectivity index (χ3v) is 5.27. The van der Waals surface area contributed by atoms with Gasteiger partial charge in [0.2, 0.25) is 10.0 Å². The number of carboxylic acids is 1. The fraction of sp³-hybridized carbons (Fsp3) is 0.417. The predicted molar refractivity (Wildman–Crippen MR) is 66.7 cm³/mol. The summed E-state index contributed by atoms with van der Waals surface area (Å²) in [6, 6.07) is 4.74. The quantitative estimate of drug-likeness (QED) is 0.901. The molecule has 1 aliphatic heterocycles. The van der Waals surface area contributed by atoms with Crippen LogP contribution in [0.4, 0.5) is 0 Å². The van der Waals surface area contributed by atoms with Crippen molar-refractivity contribution in [3.63, 3.8) is 0 Å². The Bertz CT molecular complexity index is 592. The van der Waals surface area contributed by atoms with Crippen molar-refractivity contribution in [2.24, 2.45) is 0 Å². The zero-order chi connectivity index (χ0) is 13.5. The molecular weight excluding hydrogens is 254 g/mol. The van der Waals surface area contributed by atoms with Crippen LogP contribution in [0.3, 0.4) is 0 Å². The summed E-state index contributed by atoms with van der Waals surface area (Å²) in [5, 5.41) is 8.43. The lowest BCUT2D eigenvalue weighted by Crippen LogP contribution is -2.32. The van der Waals surface area contributed by atoms with E-state index in [1.165, 1.54) is 10.4 Å². The van der Waals surface area contributed by atoms with Crippen molar-refractivity contribution >= 4 is 16.0 Å². The Balaban J connectivity index is 2.31. The lowest BCUT2D eigenvalue weighted by atomic mass is 10.1. The third kappa shape index (κ3) is 2.13. The van der Waals surface area contributed by atoms with Crippen LogP contribution in [0.2, 0.25) is 0 Å². The molecular formula is C12H15NO4S. The molecule has 0 fully saturated rings. The van der Waals surface area contributed by atoms with Crippen molar-refractivity contribution in [2.75, 3.05) is 0 Å². The Hall–Kier alpha value is -1.40. The summed E-state index contributed by atoms with van der Waals surface area (Å²) in [6.45, 7) is 3.87. The van der Waals surface area contributed by atoms with Crippen LogP contribution >= 0.6 is 0 Å². The fourth-order valence-electron chi connectivity index (χ4n) is 1.97. The van der Waals surface area contributed by atoms with E-state index in [4.69, 9.17) is 5.11 Å². The number of nitrogens with zero attached hydrogens (tertiary/aromatic N) is 1. The molecule has 0 atom stereocenters. The molecule has 0 spiro atoms. The van der Waals surface area contributed by atoms with E-state index in [9.17, 15) is 13.2 Å². The molecule has 1 aliphatic rings. The van der Waals surface area contributed by atoms with Crippen LogP contribution in [0.25, 0.3) is 0 Å². The van der Waals surface area contributed by atoms with E-state index in [0.29, 0.717) is 6.54 Å². The molecule has 0 unspecified atom stereocenters. The maximum atomic E-state index is 12.0. The molecule has 0 bridgehead atoms. The largest absolute Gasteiger partial charge is 0.478 e. The zero-order valence-corrected chi connectivity index (χ0v) is 11.1. The van der Waals surface area contributed by atoms with Gasteiger partial charge in [-0.1, -0.05) is 6.07 Å². The molecule has 1 N–H and O–H groups in total. The van der Waals surface area contributed by atoms with E-state index < -0.39 is 21.2 Å². The van der Waals surface area contributed by atoms with Gasteiger partial charge in [0.25, 0.3) is 0 Å². The molecule has 0 saturated carbocycles.